The smallest absolute Gasteiger partial charge is 0.139 e. The second kappa shape index (κ2) is 7.83. The molecule has 3 heterocycles. The average Bonchev–Trinajstić information content (AvgIpc) is 3.40. The maximum atomic E-state index is 4.98. The molecule has 1 fully saturated rings. The summed E-state index contributed by atoms with van der Waals surface area (Å²) in [4.78, 5) is 4.98. The first-order valence-corrected chi connectivity index (χ1v) is 11.6. The molecule has 2 aromatic carbocycles. The molecule has 0 saturated heterocycles. The van der Waals surface area contributed by atoms with Gasteiger partial charge in [-0.3, -0.25) is 9.50 Å². The fourth-order valence-electron chi connectivity index (χ4n) is 4.92. The van der Waals surface area contributed by atoms with E-state index >= 15 is 0 Å². The highest BCUT2D eigenvalue weighted by molar-refractivity contribution is 5.87. The molecular formula is C27H27N5. The normalized spacial score (nSPS) is 14.9. The first-order valence-electron chi connectivity index (χ1n) is 11.6. The molecular weight excluding hydrogens is 394 g/mol. The van der Waals surface area contributed by atoms with Crippen molar-refractivity contribution in [3.05, 3.63) is 72.6 Å². The molecule has 1 aliphatic rings. The monoisotopic (exact) mass is 421 g/mol. The molecule has 0 atom stereocenters. The van der Waals surface area contributed by atoms with Crippen molar-refractivity contribution >= 4 is 22.4 Å². The van der Waals surface area contributed by atoms with Crippen LogP contribution >= 0.6 is 0 Å². The van der Waals surface area contributed by atoms with Gasteiger partial charge in [-0.25, -0.2) is 4.98 Å². The second-order valence-corrected chi connectivity index (χ2v) is 8.86. The van der Waals surface area contributed by atoms with Crippen LogP contribution in [0.15, 0.2) is 66.9 Å². The Morgan fingerprint density at radius 1 is 0.906 bits per heavy atom. The van der Waals surface area contributed by atoms with E-state index in [1.165, 1.54) is 48.6 Å². The van der Waals surface area contributed by atoms with Gasteiger partial charge in [-0.05, 0) is 55.2 Å². The van der Waals surface area contributed by atoms with E-state index in [0.29, 0.717) is 6.04 Å². The molecule has 160 valence electrons. The van der Waals surface area contributed by atoms with Gasteiger partial charge < -0.3 is 5.32 Å². The van der Waals surface area contributed by atoms with Gasteiger partial charge in [-0.1, -0.05) is 55.7 Å². The highest BCUT2D eigenvalue weighted by Gasteiger charge is 2.19. The summed E-state index contributed by atoms with van der Waals surface area (Å²) < 4.78 is 2.19. The van der Waals surface area contributed by atoms with Crippen molar-refractivity contribution in [3.8, 4) is 22.4 Å². The van der Waals surface area contributed by atoms with Crippen LogP contribution in [0.4, 0.5) is 5.82 Å². The van der Waals surface area contributed by atoms with Gasteiger partial charge in [0.1, 0.15) is 17.2 Å². The first-order chi connectivity index (χ1) is 15.8. The Labute approximate surface area is 187 Å². The standard InChI is InChI=1S/C27H27N5/c1-18-23-17-21(14-15-24(23)31-30-18)19-10-12-20(13-11-19)26-27(28-22-7-3-2-4-8-22)32-16-6-5-9-25(32)29-26/h5-6,9-17,22,28H,2-4,7-8H2,1H3,(H,30,31). The number of hydrogen-bond donors (Lipinski definition) is 2. The number of fused-ring (bicyclic) bond motifs is 2. The molecule has 6 rings (SSSR count). The Hall–Kier alpha value is -3.60. The number of pyridine rings is 1. The van der Waals surface area contributed by atoms with Crippen molar-refractivity contribution in [2.24, 2.45) is 0 Å². The van der Waals surface area contributed by atoms with Gasteiger partial charge in [-0.2, -0.15) is 5.10 Å². The Kier molecular flexibility index (Phi) is 4.67. The molecule has 0 spiro atoms. The van der Waals surface area contributed by atoms with Crippen LogP contribution in [0.3, 0.4) is 0 Å². The van der Waals surface area contributed by atoms with Gasteiger partial charge in [0.2, 0.25) is 0 Å². The molecule has 0 bridgehead atoms. The first kappa shape index (κ1) is 19.1. The summed E-state index contributed by atoms with van der Waals surface area (Å²) in [5.74, 6) is 1.11. The van der Waals surface area contributed by atoms with E-state index in [4.69, 9.17) is 4.98 Å². The van der Waals surface area contributed by atoms with Crippen molar-refractivity contribution in [1.29, 1.82) is 0 Å². The number of aromatic amines is 1. The Bertz CT molecular complexity index is 1390. The van der Waals surface area contributed by atoms with Crippen LogP contribution in [0.5, 0.6) is 0 Å². The number of anilines is 1. The minimum atomic E-state index is 0.520. The second-order valence-electron chi connectivity index (χ2n) is 8.86. The lowest BCUT2D eigenvalue weighted by Crippen LogP contribution is -2.23. The van der Waals surface area contributed by atoms with E-state index < -0.39 is 0 Å². The zero-order valence-electron chi connectivity index (χ0n) is 18.3. The molecule has 5 heteroatoms. The van der Waals surface area contributed by atoms with E-state index in [2.05, 4.69) is 80.7 Å². The van der Waals surface area contributed by atoms with E-state index in [9.17, 15) is 0 Å². The van der Waals surface area contributed by atoms with Crippen molar-refractivity contribution in [2.75, 3.05) is 5.32 Å². The van der Waals surface area contributed by atoms with Crippen LogP contribution in [0.2, 0.25) is 0 Å². The average molecular weight is 422 g/mol. The maximum Gasteiger partial charge on any atom is 0.139 e. The molecule has 3 aromatic heterocycles. The van der Waals surface area contributed by atoms with Crippen LogP contribution in [-0.2, 0) is 0 Å². The van der Waals surface area contributed by atoms with Crippen LogP contribution in [0, 0.1) is 6.92 Å². The fourth-order valence-corrected chi connectivity index (χ4v) is 4.92. The largest absolute Gasteiger partial charge is 0.367 e. The number of aromatic nitrogens is 4. The number of benzene rings is 2. The van der Waals surface area contributed by atoms with Crippen molar-refractivity contribution < 1.29 is 0 Å². The van der Waals surface area contributed by atoms with Gasteiger partial charge in [0, 0.05) is 23.2 Å². The van der Waals surface area contributed by atoms with E-state index in [0.717, 1.165) is 33.9 Å². The third-order valence-electron chi connectivity index (χ3n) is 6.72. The lowest BCUT2D eigenvalue weighted by molar-refractivity contribution is 0.462. The number of aryl methyl sites for hydroxylation is 1. The van der Waals surface area contributed by atoms with Gasteiger partial charge in [0.25, 0.3) is 0 Å². The summed E-state index contributed by atoms with van der Waals surface area (Å²) in [6.45, 7) is 2.04. The summed E-state index contributed by atoms with van der Waals surface area (Å²) in [6.07, 6.45) is 8.53. The van der Waals surface area contributed by atoms with E-state index in [-0.39, 0.29) is 0 Å². The van der Waals surface area contributed by atoms with Gasteiger partial charge in [0.15, 0.2) is 0 Å². The van der Waals surface area contributed by atoms with E-state index in [1.54, 1.807) is 0 Å². The quantitative estimate of drug-likeness (QED) is 0.344. The van der Waals surface area contributed by atoms with Crippen molar-refractivity contribution in [1.82, 2.24) is 19.6 Å². The van der Waals surface area contributed by atoms with Gasteiger partial charge in [-0.15, -0.1) is 0 Å². The lowest BCUT2D eigenvalue weighted by Gasteiger charge is -2.24. The Balaban J connectivity index is 1.38. The highest BCUT2D eigenvalue weighted by atomic mass is 15.1. The summed E-state index contributed by atoms with van der Waals surface area (Å²) in [5.41, 5.74) is 7.63. The molecule has 5 aromatic rings. The molecule has 1 saturated carbocycles. The topological polar surface area (TPSA) is 58.0 Å². The molecule has 0 amide bonds. The zero-order chi connectivity index (χ0) is 21.5. The SMILES string of the molecule is Cc1n[nH]c2ccc(-c3ccc(-c4nc5ccccn5c4NC4CCCCC4)cc3)cc12. The highest BCUT2D eigenvalue weighted by Crippen LogP contribution is 2.33. The van der Waals surface area contributed by atoms with Crippen LogP contribution in [0.25, 0.3) is 38.9 Å². The minimum Gasteiger partial charge on any atom is -0.367 e. The van der Waals surface area contributed by atoms with Crippen molar-refractivity contribution in [2.45, 2.75) is 45.1 Å². The predicted octanol–water partition coefficient (Wildman–Crippen LogP) is 6.60. The van der Waals surface area contributed by atoms with Crippen LogP contribution in [-0.4, -0.2) is 25.6 Å². The van der Waals surface area contributed by atoms with Crippen LogP contribution < -0.4 is 5.32 Å². The molecule has 1 aliphatic carbocycles. The molecule has 0 aliphatic heterocycles. The Morgan fingerprint density at radius 3 is 2.53 bits per heavy atom. The number of H-pyrrole nitrogens is 1. The summed E-state index contributed by atoms with van der Waals surface area (Å²) in [6, 6.07) is 22.0. The summed E-state index contributed by atoms with van der Waals surface area (Å²) in [7, 11) is 0. The third kappa shape index (κ3) is 3.34. The lowest BCUT2D eigenvalue weighted by atomic mass is 9.95. The molecule has 5 nitrogen and oxygen atoms in total. The molecule has 0 unspecified atom stereocenters. The van der Waals surface area contributed by atoms with E-state index in [1.807, 2.05) is 13.0 Å². The summed E-state index contributed by atoms with van der Waals surface area (Å²) >= 11 is 0. The number of nitrogens with one attached hydrogen (secondary N) is 2. The maximum absolute atomic E-state index is 4.98. The summed E-state index contributed by atoms with van der Waals surface area (Å²) in [5, 5.41) is 12.4. The minimum absolute atomic E-state index is 0.520. The van der Waals surface area contributed by atoms with Crippen LogP contribution in [0.1, 0.15) is 37.8 Å². The van der Waals surface area contributed by atoms with Crippen molar-refractivity contribution in [3.63, 3.8) is 0 Å². The zero-order valence-corrected chi connectivity index (χ0v) is 18.3. The molecule has 32 heavy (non-hydrogen) atoms. The number of rotatable bonds is 4. The number of hydrogen-bond acceptors (Lipinski definition) is 3. The predicted molar refractivity (Wildman–Crippen MR) is 131 cm³/mol. The number of imidazole rings is 1. The van der Waals surface area contributed by atoms with Gasteiger partial charge >= 0.3 is 0 Å². The molecule has 0 radical (unpaired) electrons. The fraction of sp³-hybridized carbons (Fsp3) is 0.259. The third-order valence-corrected chi connectivity index (χ3v) is 6.72. The Morgan fingerprint density at radius 2 is 1.69 bits per heavy atom. The number of nitrogens with zero attached hydrogens (tertiary/aromatic N) is 3. The molecule has 2 N–H and O–H groups in total. The van der Waals surface area contributed by atoms with Gasteiger partial charge in [0.05, 0.1) is 11.2 Å².